The Hall–Kier alpha value is -1.96. The maximum atomic E-state index is 11.7. The molecule has 0 spiro atoms. The van der Waals surface area contributed by atoms with Crippen molar-refractivity contribution in [2.24, 2.45) is 0 Å². The molecule has 0 N–H and O–H groups in total. The first-order valence-corrected chi connectivity index (χ1v) is 6.01. The smallest absolute Gasteiger partial charge is 0.185 e. The molecule has 0 aliphatic carbocycles. The summed E-state index contributed by atoms with van der Waals surface area (Å²) in [5.74, 6) is 1.47. The Labute approximate surface area is 108 Å². The highest BCUT2D eigenvalue weighted by molar-refractivity contribution is 5.49. The van der Waals surface area contributed by atoms with Crippen molar-refractivity contribution >= 4 is 0 Å². The minimum absolute atomic E-state index is 0.0229. The maximum absolute atomic E-state index is 11.7. The van der Waals surface area contributed by atoms with Crippen LogP contribution >= 0.6 is 0 Å². The fourth-order valence-corrected chi connectivity index (χ4v) is 1.93. The molecule has 2 heteroatoms. The fraction of sp³-hybridized carbons (Fsp3) is 0.250. The second-order valence-corrected chi connectivity index (χ2v) is 4.76. The Morgan fingerprint density at radius 2 is 1.56 bits per heavy atom. The van der Waals surface area contributed by atoms with Gasteiger partial charge in [0.25, 0.3) is 0 Å². The monoisotopic (exact) mass is 241 g/mol. The van der Waals surface area contributed by atoms with Gasteiger partial charge in [-0.3, -0.25) is 5.11 Å². The minimum Gasteiger partial charge on any atom is -0.457 e. The van der Waals surface area contributed by atoms with Gasteiger partial charge in [-0.05, 0) is 57.0 Å². The van der Waals surface area contributed by atoms with Gasteiger partial charge >= 0.3 is 0 Å². The first-order valence-electron chi connectivity index (χ1n) is 6.01. The molecule has 0 bridgehead atoms. The molecule has 1 radical (unpaired) electrons. The van der Waals surface area contributed by atoms with Gasteiger partial charge in [-0.15, -0.1) is 0 Å². The quantitative estimate of drug-likeness (QED) is 0.738. The van der Waals surface area contributed by atoms with Crippen LogP contribution in [0.25, 0.3) is 0 Å². The predicted molar refractivity (Wildman–Crippen MR) is 72.0 cm³/mol. The van der Waals surface area contributed by atoms with Gasteiger partial charge in [0.1, 0.15) is 11.5 Å². The van der Waals surface area contributed by atoms with E-state index in [1.165, 1.54) is 5.56 Å². The van der Waals surface area contributed by atoms with Crippen LogP contribution in [-0.2, 0) is 5.11 Å². The van der Waals surface area contributed by atoms with Crippen molar-refractivity contribution in [2.75, 3.05) is 0 Å². The molecular weight excluding hydrogens is 224 g/mol. The Balaban J connectivity index is 2.40. The fourth-order valence-electron chi connectivity index (χ4n) is 1.93. The second-order valence-electron chi connectivity index (χ2n) is 4.76. The Morgan fingerprint density at radius 1 is 0.833 bits per heavy atom. The first-order chi connectivity index (χ1) is 8.47. The summed E-state index contributed by atoms with van der Waals surface area (Å²) in [5.41, 5.74) is 3.85. The van der Waals surface area contributed by atoms with Gasteiger partial charge in [-0.1, -0.05) is 17.7 Å². The zero-order valence-electron chi connectivity index (χ0n) is 11.2. The number of aryl methyl sites for hydroxylation is 3. The molecule has 0 aromatic heterocycles. The lowest BCUT2D eigenvalue weighted by Crippen LogP contribution is -1.91. The molecule has 2 aromatic rings. The van der Waals surface area contributed by atoms with Crippen molar-refractivity contribution in [1.82, 2.24) is 0 Å². The number of hydrogen-bond acceptors (Lipinski definition) is 1. The van der Waals surface area contributed by atoms with Crippen LogP contribution in [0.3, 0.4) is 0 Å². The Kier molecular flexibility index (Phi) is 3.28. The van der Waals surface area contributed by atoms with E-state index >= 15 is 0 Å². The van der Waals surface area contributed by atoms with Crippen molar-refractivity contribution in [3.63, 3.8) is 0 Å². The molecule has 0 aliphatic rings. The molecule has 93 valence electrons. The molecule has 0 fully saturated rings. The second kappa shape index (κ2) is 4.73. The molecule has 2 nitrogen and oxygen atoms in total. The molecule has 0 atom stereocenters. The molecule has 0 unspecified atom stereocenters. The van der Waals surface area contributed by atoms with E-state index in [0.717, 1.165) is 16.9 Å². The van der Waals surface area contributed by atoms with Crippen molar-refractivity contribution < 1.29 is 9.84 Å². The van der Waals surface area contributed by atoms with Gasteiger partial charge in [0.2, 0.25) is 0 Å². The number of hydrogen-bond donors (Lipinski definition) is 0. The average Bonchev–Trinajstić information content (AvgIpc) is 2.29. The topological polar surface area (TPSA) is 29.1 Å². The van der Waals surface area contributed by atoms with Gasteiger partial charge in [0, 0.05) is 5.56 Å². The zero-order chi connectivity index (χ0) is 13.3. The van der Waals surface area contributed by atoms with Crippen LogP contribution in [0.5, 0.6) is 17.2 Å². The molecule has 0 amide bonds. The number of benzene rings is 2. The summed E-state index contributed by atoms with van der Waals surface area (Å²) in [5, 5.41) is 11.7. The molecule has 0 heterocycles. The van der Waals surface area contributed by atoms with E-state index < -0.39 is 0 Å². The summed E-state index contributed by atoms with van der Waals surface area (Å²) >= 11 is 0. The SMILES string of the molecule is Cc1ccc(Oc2cc(C)cc([O])c2C)c(C)c1. The van der Waals surface area contributed by atoms with E-state index in [9.17, 15) is 5.11 Å². The van der Waals surface area contributed by atoms with E-state index in [2.05, 4.69) is 6.07 Å². The third-order valence-corrected chi connectivity index (χ3v) is 3.01. The van der Waals surface area contributed by atoms with Crippen molar-refractivity contribution in [3.8, 4) is 17.2 Å². The van der Waals surface area contributed by atoms with Crippen LogP contribution in [0, 0.1) is 27.7 Å². The lowest BCUT2D eigenvalue weighted by molar-refractivity contribution is 0.347. The summed E-state index contributed by atoms with van der Waals surface area (Å²) in [6.07, 6.45) is 0. The highest BCUT2D eigenvalue weighted by Crippen LogP contribution is 2.33. The van der Waals surface area contributed by atoms with Crippen LogP contribution in [0.2, 0.25) is 0 Å². The van der Waals surface area contributed by atoms with Gasteiger partial charge < -0.3 is 4.74 Å². The minimum atomic E-state index is 0.0229. The summed E-state index contributed by atoms with van der Waals surface area (Å²) in [6, 6.07) is 9.54. The Morgan fingerprint density at radius 3 is 2.22 bits per heavy atom. The van der Waals surface area contributed by atoms with Gasteiger partial charge in [-0.25, -0.2) is 0 Å². The predicted octanol–water partition coefficient (Wildman–Crippen LogP) is 4.86. The van der Waals surface area contributed by atoms with Crippen LogP contribution in [0.15, 0.2) is 30.3 Å². The van der Waals surface area contributed by atoms with Gasteiger partial charge in [0.05, 0.1) is 0 Å². The molecule has 0 saturated heterocycles. The zero-order valence-corrected chi connectivity index (χ0v) is 11.2. The Bertz CT molecular complexity index is 586. The largest absolute Gasteiger partial charge is 0.457 e. The van der Waals surface area contributed by atoms with Crippen molar-refractivity contribution in [2.45, 2.75) is 27.7 Å². The third kappa shape index (κ3) is 2.48. The number of rotatable bonds is 2. The maximum Gasteiger partial charge on any atom is 0.185 e. The lowest BCUT2D eigenvalue weighted by Gasteiger charge is -2.12. The van der Waals surface area contributed by atoms with E-state index in [-0.39, 0.29) is 5.75 Å². The van der Waals surface area contributed by atoms with Gasteiger partial charge in [-0.2, -0.15) is 0 Å². The van der Waals surface area contributed by atoms with E-state index in [1.807, 2.05) is 39.0 Å². The summed E-state index contributed by atoms with van der Waals surface area (Å²) < 4.78 is 5.86. The molecular formula is C16H17O2. The highest BCUT2D eigenvalue weighted by Gasteiger charge is 2.09. The standard InChI is InChI=1S/C16H17O2/c1-10-5-6-15(12(3)7-10)18-16-9-11(2)8-14(17)13(16)4/h5-9H,1-4H3. The summed E-state index contributed by atoms with van der Waals surface area (Å²) in [6.45, 7) is 7.74. The van der Waals surface area contributed by atoms with Crippen LogP contribution in [0.1, 0.15) is 22.3 Å². The lowest BCUT2D eigenvalue weighted by atomic mass is 10.1. The molecule has 0 saturated carbocycles. The van der Waals surface area contributed by atoms with Crippen LogP contribution in [-0.4, -0.2) is 0 Å². The van der Waals surface area contributed by atoms with Crippen LogP contribution in [0.4, 0.5) is 0 Å². The van der Waals surface area contributed by atoms with E-state index in [0.29, 0.717) is 11.3 Å². The summed E-state index contributed by atoms with van der Waals surface area (Å²) in [7, 11) is 0. The summed E-state index contributed by atoms with van der Waals surface area (Å²) in [4.78, 5) is 0. The average molecular weight is 241 g/mol. The van der Waals surface area contributed by atoms with E-state index in [4.69, 9.17) is 4.74 Å². The van der Waals surface area contributed by atoms with Crippen molar-refractivity contribution in [3.05, 3.63) is 52.6 Å². The van der Waals surface area contributed by atoms with E-state index in [1.54, 1.807) is 13.0 Å². The first kappa shape index (κ1) is 12.5. The molecule has 2 aromatic carbocycles. The van der Waals surface area contributed by atoms with Crippen molar-refractivity contribution in [1.29, 1.82) is 0 Å². The normalized spacial score (nSPS) is 10.4. The molecule has 0 aliphatic heterocycles. The van der Waals surface area contributed by atoms with Crippen LogP contribution < -0.4 is 4.74 Å². The molecule has 18 heavy (non-hydrogen) atoms. The highest BCUT2D eigenvalue weighted by atomic mass is 16.5. The number of ether oxygens (including phenoxy) is 1. The third-order valence-electron chi connectivity index (χ3n) is 3.01. The molecule has 2 rings (SSSR count). The van der Waals surface area contributed by atoms with Gasteiger partial charge in [0.15, 0.2) is 5.75 Å².